The maximum atomic E-state index is 14.4. The van der Waals surface area contributed by atoms with Gasteiger partial charge in [-0.2, -0.15) is 0 Å². The van der Waals surface area contributed by atoms with Crippen molar-refractivity contribution in [3.63, 3.8) is 0 Å². The standard InChI is InChI=1S/C19H27FN4O3S2/c1-10(2)12-7-8-13(20)15(11(3)4)16(12)23-18(25)24-29(21,27)14-9-22-17(28-14)19(5,6)26/h7-11,26H,1-6H3,(H3,21,23,24,25,27)/t29-/m1/s1. The first-order valence-electron chi connectivity index (χ1n) is 9.11. The average Bonchev–Trinajstić information content (AvgIpc) is 3.04. The lowest BCUT2D eigenvalue weighted by Crippen LogP contribution is -2.19. The lowest BCUT2D eigenvalue weighted by molar-refractivity contribution is 0.0783. The number of aliphatic hydroxyl groups is 1. The van der Waals surface area contributed by atoms with Crippen LogP contribution in [0.5, 0.6) is 0 Å². The highest BCUT2D eigenvalue weighted by Gasteiger charge is 2.24. The van der Waals surface area contributed by atoms with Gasteiger partial charge in [0, 0.05) is 5.56 Å². The van der Waals surface area contributed by atoms with Gasteiger partial charge in [0.1, 0.15) is 20.6 Å². The number of amides is 2. The maximum absolute atomic E-state index is 14.4. The molecule has 2 rings (SSSR count). The summed E-state index contributed by atoms with van der Waals surface area (Å²) < 4.78 is 30.9. The molecule has 2 amide bonds. The van der Waals surface area contributed by atoms with E-state index in [1.807, 2.05) is 27.7 Å². The van der Waals surface area contributed by atoms with Crippen molar-refractivity contribution in [1.29, 1.82) is 0 Å². The topological polar surface area (TPSA) is 118 Å². The van der Waals surface area contributed by atoms with Crippen LogP contribution in [0, 0.1) is 5.82 Å². The first kappa shape index (κ1) is 23.4. The van der Waals surface area contributed by atoms with E-state index < -0.39 is 27.4 Å². The number of urea groups is 1. The molecule has 1 atom stereocenters. The highest BCUT2D eigenvalue weighted by molar-refractivity contribution is 7.93. The van der Waals surface area contributed by atoms with E-state index >= 15 is 0 Å². The van der Waals surface area contributed by atoms with Crippen molar-refractivity contribution in [2.24, 2.45) is 9.50 Å². The van der Waals surface area contributed by atoms with Gasteiger partial charge in [0.15, 0.2) is 9.92 Å². The summed E-state index contributed by atoms with van der Waals surface area (Å²) in [6.45, 7) is 10.5. The molecule has 7 nitrogen and oxygen atoms in total. The van der Waals surface area contributed by atoms with Gasteiger partial charge in [-0.1, -0.05) is 33.8 Å². The molecule has 1 heterocycles. The Morgan fingerprint density at radius 3 is 2.41 bits per heavy atom. The van der Waals surface area contributed by atoms with Crippen LogP contribution < -0.4 is 10.5 Å². The van der Waals surface area contributed by atoms with Crippen LogP contribution in [0.1, 0.15) is 69.5 Å². The second-order valence-electron chi connectivity index (χ2n) is 7.87. The number of nitrogens with one attached hydrogen (secondary N) is 1. The van der Waals surface area contributed by atoms with E-state index in [0.717, 1.165) is 16.9 Å². The number of nitrogens with zero attached hydrogens (tertiary/aromatic N) is 2. The number of nitrogens with two attached hydrogens (primary N) is 1. The fourth-order valence-corrected chi connectivity index (χ4v) is 4.83. The minimum Gasteiger partial charge on any atom is -0.383 e. The number of carbonyl (C=O) groups is 1. The van der Waals surface area contributed by atoms with Crippen molar-refractivity contribution in [3.05, 3.63) is 40.3 Å². The van der Waals surface area contributed by atoms with Gasteiger partial charge in [0.25, 0.3) is 0 Å². The third kappa shape index (κ3) is 5.39. The number of rotatable bonds is 5. The molecule has 2 aromatic rings. The van der Waals surface area contributed by atoms with Gasteiger partial charge in [-0.25, -0.2) is 23.5 Å². The van der Waals surface area contributed by atoms with Crippen molar-refractivity contribution in [2.75, 3.05) is 5.32 Å². The SMILES string of the molecule is CC(C)c1ccc(F)c(C(C)C)c1NC(=O)N=[S@@](N)(=O)c1cnc(C(C)(C)O)s1. The fraction of sp³-hybridized carbons (Fsp3) is 0.474. The van der Waals surface area contributed by atoms with Crippen LogP contribution in [-0.4, -0.2) is 20.3 Å². The maximum Gasteiger partial charge on any atom is 0.354 e. The first-order valence-corrected chi connectivity index (χ1v) is 11.5. The molecular formula is C19H27FN4O3S2. The van der Waals surface area contributed by atoms with Gasteiger partial charge in [-0.15, -0.1) is 15.7 Å². The summed E-state index contributed by atoms with van der Waals surface area (Å²) in [4.78, 5) is 16.5. The molecule has 160 valence electrons. The van der Waals surface area contributed by atoms with Crippen LogP contribution in [0.3, 0.4) is 0 Å². The number of carbonyl (C=O) groups excluding carboxylic acids is 1. The summed E-state index contributed by atoms with van der Waals surface area (Å²) in [6, 6.07) is 2.05. The van der Waals surface area contributed by atoms with Crippen LogP contribution in [-0.2, 0) is 15.5 Å². The Balaban J connectivity index is 2.46. The molecule has 0 bridgehead atoms. The van der Waals surface area contributed by atoms with Crippen molar-refractivity contribution in [3.8, 4) is 0 Å². The highest BCUT2D eigenvalue weighted by atomic mass is 32.2. The first-order chi connectivity index (χ1) is 13.2. The van der Waals surface area contributed by atoms with Gasteiger partial charge in [-0.3, -0.25) is 0 Å². The predicted molar refractivity (Wildman–Crippen MR) is 114 cm³/mol. The molecule has 0 spiro atoms. The zero-order valence-electron chi connectivity index (χ0n) is 17.3. The number of halogens is 1. The summed E-state index contributed by atoms with van der Waals surface area (Å²) in [5.74, 6) is -0.617. The Hall–Kier alpha value is -1.88. The summed E-state index contributed by atoms with van der Waals surface area (Å²) in [5.41, 5.74) is 0.177. The van der Waals surface area contributed by atoms with Crippen molar-refractivity contribution in [2.45, 2.75) is 63.2 Å². The minimum absolute atomic E-state index is 0.0153. The van der Waals surface area contributed by atoms with Gasteiger partial charge in [0.2, 0.25) is 0 Å². The number of hydrogen-bond donors (Lipinski definition) is 3. The third-order valence-corrected chi connectivity index (χ3v) is 7.36. The molecule has 0 fully saturated rings. The van der Waals surface area contributed by atoms with Crippen LogP contribution in [0.15, 0.2) is 26.9 Å². The number of benzene rings is 1. The van der Waals surface area contributed by atoms with Crippen LogP contribution in [0.25, 0.3) is 0 Å². The molecule has 0 aliphatic rings. The Morgan fingerprint density at radius 1 is 1.31 bits per heavy atom. The average molecular weight is 443 g/mol. The smallest absolute Gasteiger partial charge is 0.354 e. The molecule has 10 heteroatoms. The summed E-state index contributed by atoms with van der Waals surface area (Å²) in [6.07, 6.45) is 1.23. The lowest BCUT2D eigenvalue weighted by Gasteiger charge is -2.20. The minimum atomic E-state index is -3.58. The summed E-state index contributed by atoms with van der Waals surface area (Å²) in [7, 11) is -3.58. The molecule has 1 aromatic heterocycles. The molecule has 0 saturated carbocycles. The molecule has 1 aromatic carbocycles. The van der Waals surface area contributed by atoms with Crippen LogP contribution >= 0.6 is 11.3 Å². The summed E-state index contributed by atoms with van der Waals surface area (Å²) >= 11 is 0.918. The normalized spacial score (nSPS) is 14.2. The monoisotopic (exact) mass is 442 g/mol. The van der Waals surface area contributed by atoms with Gasteiger partial charge < -0.3 is 10.4 Å². The molecule has 4 N–H and O–H groups in total. The lowest BCUT2D eigenvalue weighted by atomic mass is 9.92. The Morgan fingerprint density at radius 2 is 1.93 bits per heavy atom. The van der Waals surface area contributed by atoms with Crippen molar-refractivity contribution >= 4 is 33.0 Å². The van der Waals surface area contributed by atoms with Crippen LogP contribution in [0.2, 0.25) is 0 Å². The van der Waals surface area contributed by atoms with E-state index in [-0.39, 0.29) is 16.0 Å². The van der Waals surface area contributed by atoms with E-state index in [1.165, 1.54) is 26.1 Å². The van der Waals surface area contributed by atoms with E-state index in [0.29, 0.717) is 16.3 Å². The molecule has 0 aliphatic heterocycles. The second kappa shape index (κ2) is 8.47. The third-order valence-electron chi connectivity index (χ3n) is 4.17. The zero-order chi connectivity index (χ0) is 22.1. The molecule has 0 radical (unpaired) electrons. The molecule has 29 heavy (non-hydrogen) atoms. The van der Waals surface area contributed by atoms with Gasteiger partial charge >= 0.3 is 6.03 Å². The van der Waals surface area contributed by atoms with Crippen molar-refractivity contribution < 1.29 is 18.5 Å². The van der Waals surface area contributed by atoms with E-state index in [1.54, 1.807) is 6.07 Å². The molecule has 0 unspecified atom stereocenters. The van der Waals surface area contributed by atoms with Crippen molar-refractivity contribution in [1.82, 2.24) is 4.98 Å². The predicted octanol–water partition coefficient (Wildman–Crippen LogP) is 4.69. The number of thiazole rings is 1. The summed E-state index contributed by atoms with van der Waals surface area (Å²) in [5, 5.41) is 18.7. The molecular weight excluding hydrogens is 415 g/mol. The number of anilines is 1. The van der Waals surface area contributed by atoms with Gasteiger partial charge in [0.05, 0.1) is 11.9 Å². The zero-order valence-corrected chi connectivity index (χ0v) is 18.9. The quantitative estimate of drug-likeness (QED) is 0.622. The van der Waals surface area contributed by atoms with E-state index in [2.05, 4.69) is 14.7 Å². The van der Waals surface area contributed by atoms with Crippen LogP contribution in [0.4, 0.5) is 14.9 Å². The second-order valence-corrected chi connectivity index (χ2v) is 10.9. The largest absolute Gasteiger partial charge is 0.383 e. The van der Waals surface area contributed by atoms with Gasteiger partial charge in [-0.05, 0) is 37.3 Å². The molecule has 0 aliphatic carbocycles. The Labute approximate surface area is 174 Å². The fourth-order valence-electron chi connectivity index (χ4n) is 2.77. The van der Waals surface area contributed by atoms with E-state index in [4.69, 9.17) is 5.14 Å². The Bertz CT molecular complexity index is 1030. The molecule has 0 saturated heterocycles. The number of hydrogen-bond acceptors (Lipinski definition) is 5. The number of aromatic nitrogens is 1. The highest BCUT2D eigenvalue weighted by Crippen LogP contribution is 2.35. The Kier molecular flexibility index (Phi) is 6.83. The van der Waals surface area contributed by atoms with E-state index in [9.17, 15) is 18.5 Å².